The third-order valence-corrected chi connectivity index (χ3v) is 5.87. The van der Waals surface area contributed by atoms with Crippen molar-refractivity contribution in [2.75, 3.05) is 44.2 Å². The first-order valence-electron chi connectivity index (χ1n) is 10.7. The SMILES string of the molecule is CCc1ccc(N2CC[NH+](C[C@H](O)COc3ccc4ccccc4c3)CC2)cc1. The number of rotatable bonds is 7. The predicted molar refractivity (Wildman–Crippen MR) is 119 cm³/mol. The third kappa shape index (κ3) is 5.08. The summed E-state index contributed by atoms with van der Waals surface area (Å²) < 4.78 is 5.86. The molecule has 4 heteroatoms. The minimum Gasteiger partial charge on any atom is -0.491 e. The van der Waals surface area contributed by atoms with Crippen LogP contribution in [0.5, 0.6) is 5.75 Å². The lowest BCUT2D eigenvalue weighted by Gasteiger charge is -2.34. The maximum atomic E-state index is 10.5. The van der Waals surface area contributed by atoms with Crippen molar-refractivity contribution < 1.29 is 14.7 Å². The summed E-state index contributed by atoms with van der Waals surface area (Å²) in [5.74, 6) is 0.818. The van der Waals surface area contributed by atoms with E-state index < -0.39 is 6.10 Å². The van der Waals surface area contributed by atoms with Crippen LogP contribution in [0.2, 0.25) is 0 Å². The van der Waals surface area contributed by atoms with E-state index in [1.807, 2.05) is 24.3 Å². The molecule has 4 nitrogen and oxygen atoms in total. The van der Waals surface area contributed by atoms with Gasteiger partial charge >= 0.3 is 0 Å². The van der Waals surface area contributed by atoms with Gasteiger partial charge in [0.2, 0.25) is 0 Å². The molecule has 0 amide bonds. The standard InChI is InChI=1S/C25H30N2O2/c1-2-20-7-10-23(11-8-20)27-15-13-26(14-16-27)18-24(28)19-29-25-12-9-21-5-3-4-6-22(21)17-25/h3-12,17,24,28H,2,13-16,18-19H2,1H3/p+1/t24-/m0/s1. The summed E-state index contributed by atoms with van der Waals surface area (Å²) in [7, 11) is 0. The van der Waals surface area contributed by atoms with Crippen molar-refractivity contribution in [3.8, 4) is 5.75 Å². The zero-order valence-corrected chi connectivity index (χ0v) is 17.2. The molecule has 3 aromatic carbocycles. The molecular weight excluding hydrogens is 360 g/mol. The van der Waals surface area contributed by atoms with Crippen LogP contribution >= 0.6 is 0 Å². The largest absolute Gasteiger partial charge is 0.491 e. The lowest BCUT2D eigenvalue weighted by Crippen LogP contribution is -3.16. The number of hydrogen-bond donors (Lipinski definition) is 2. The monoisotopic (exact) mass is 391 g/mol. The average molecular weight is 392 g/mol. The zero-order chi connectivity index (χ0) is 20.1. The molecule has 1 heterocycles. The summed E-state index contributed by atoms with van der Waals surface area (Å²) in [4.78, 5) is 3.89. The number of anilines is 1. The van der Waals surface area contributed by atoms with Gasteiger partial charge in [0.25, 0.3) is 0 Å². The Balaban J connectivity index is 1.23. The van der Waals surface area contributed by atoms with Crippen molar-refractivity contribution in [3.63, 3.8) is 0 Å². The minimum absolute atomic E-state index is 0.337. The van der Waals surface area contributed by atoms with Crippen LogP contribution in [0.15, 0.2) is 66.7 Å². The Bertz CT molecular complexity index is 918. The van der Waals surface area contributed by atoms with Gasteiger partial charge in [0, 0.05) is 5.69 Å². The average Bonchev–Trinajstić information content (AvgIpc) is 2.78. The van der Waals surface area contributed by atoms with Gasteiger partial charge in [-0.1, -0.05) is 49.4 Å². The fraction of sp³-hybridized carbons (Fsp3) is 0.360. The number of fused-ring (bicyclic) bond motifs is 1. The van der Waals surface area contributed by atoms with E-state index in [1.165, 1.54) is 21.5 Å². The highest BCUT2D eigenvalue weighted by molar-refractivity contribution is 5.83. The van der Waals surface area contributed by atoms with Gasteiger partial charge in [0.15, 0.2) is 0 Å². The molecule has 1 aliphatic heterocycles. The van der Waals surface area contributed by atoms with Gasteiger partial charge in [0.1, 0.15) is 25.0 Å². The minimum atomic E-state index is -0.452. The Morgan fingerprint density at radius 2 is 1.69 bits per heavy atom. The van der Waals surface area contributed by atoms with Crippen LogP contribution in [0.3, 0.4) is 0 Å². The highest BCUT2D eigenvalue weighted by Gasteiger charge is 2.22. The number of nitrogens with one attached hydrogen (secondary N) is 1. The highest BCUT2D eigenvalue weighted by atomic mass is 16.5. The predicted octanol–water partition coefficient (Wildman–Crippen LogP) is 2.55. The summed E-state index contributed by atoms with van der Waals surface area (Å²) in [5.41, 5.74) is 2.69. The summed E-state index contributed by atoms with van der Waals surface area (Å²) in [5, 5.41) is 12.8. The van der Waals surface area contributed by atoms with Crippen molar-refractivity contribution >= 4 is 16.5 Å². The molecule has 0 aromatic heterocycles. The van der Waals surface area contributed by atoms with E-state index in [4.69, 9.17) is 4.74 Å². The van der Waals surface area contributed by atoms with Crippen molar-refractivity contribution in [1.82, 2.24) is 0 Å². The van der Waals surface area contributed by atoms with Crippen molar-refractivity contribution in [2.45, 2.75) is 19.4 Å². The summed E-state index contributed by atoms with van der Waals surface area (Å²) in [6.07, 6.45) is 0.629. The smallest absolute Gasteiger partial charge is 0.137 e. The summed E-state index contributed by atoms with van der Waals surface area (Å²) >= 11 is 0. The number of aliphatic hydroxyl groups is 1. The van der Waals surface area contributed by atoms with Gasteiger partial charge in [-0.3, -0.25) is 0 Å². The quantitative estimate of drug-likeness (QED) is 0.650. The fourth-order valence-corrected chi connectivity index (χ4v) is 4.07. The van der Waals surface area contributed by atoms with E-state index in [-0.39, 0.29) is 0 Å². The van der Waals surface area contributed by atoms with Crippen LogP contribution in [0.1, 0.15) is 12.5 Å². The first kappa shape index (κ1) is 19.7. The second-order valence-corrected chi connectivity index (χ2v) is 7.93. The van der Waals surface area contributed by atoms with Gasteiger partial charge in [-0.25, -0.2) is 0 Å². The number of benzene rings is 3. The van der Waals surface area contributed by atoms with Crippen molar-refractivity contribution in [2.24, 2.45) is 0 Å². The molecule has 1 saturated heterocycles. The van der Waals surface area contributed by atoms with E-state index >= 15 is 0 Å². The molecular formula is C25H31N2O2+. The Labute approximate surface area is 173 Å². The Morgan fingerprint density at radius 1 is 0.966 bits per heavy atom. The maximum absolute atomic E-state index is 10.5. The Hall–Kier alpha value is -2.56. The molecule has 152 valence electrons. The lowest BCUT2D eigenvalue weighted by atomic mass is 10.1. The number of nitrogens with zero attached hydrogens (tertiary/aromatic N) is 1. The molecule has 0 saturated carbocycles. The van der Waals surface area contributed by atoms with Crippen LogP contribution in [0, 0.1) is 0 Å². The summed E-state index contributed by atoms with van der Waals surface area (Å²) in [6, 6.07) is 23.2. The van der Waals surface area contributed by atoms with Crippen LogP contribution in [0.25, 0.3) is 10.8 Å². The van der Waals surface area contributed by atoms with Crippen molar-refractivity contribution in [3.05, 3.63) is 72.3 Å². The number of aryl methyl sites for hydroxylation is 1. The Morgan fingerprint density at radius 3 is 2.41 bits per heavy atom. The Kier molecular flexibility index (Phi) is 6.33. The van der Waals surface area contributed by atoms with Crippen molar-refractivity contribution in [1.29, 1.82) is 0 Å². The van der Waals surface area contributed by atoms with E-state index in [2.05, 4.69) is 54.3 Å². The molecule has 0 radical (unpaired) electrons. The normalized spacial score (nSPS) is 16.1. The van der Waals surface area contributed by atoms with E-state index in [1.54, 1.807) is 0 Å². The highest BCUT2D eigenvalue weighted by Crippen LogP contribution is 2.20. The first-order valence-corrected chi connectivity index (χ1v) is 10.7. The molecule has 29 heavy (non-hydrogen) atoms. The molecule has 0 spiro atoms. The molecule has 0 aliphatic carbocycles. The van der Waals surface area contributed by atoms with Gasteiger partial charge in [0.05, 0.1) is 26.2 Å². The number of quaternary nitrogens is 1. The molecule has 4 rings (SSSR count). The number of hydrogen-bond acceptors (Lipinski definition) is 3. The molecule has 0 unspecified atom stereocenters. The van der Waals surface area contributed by atoms with Gasteiger partial charge < -0.3 is 19.6 Å². The second-order valence-electron chi connectivity index (χ2n) is 7.93. The summed E-state index contributed by atoms with van der Waals surface area (Å²) in [6.45, 7) is 7.40. The second kappa shape index (κ2) is 9.29. The van der Waals surface area contributed by atoms with Crippen LogP contribution in [-0.4, -0.2) is 50.5 Å². The van der Waals surface area contributed by atoms with Crippen LogP contribution in [0.4, 0.5) is 5.69 Å². The number of aliphatic hydroxyl groups excluding tert-OH is 1. The van der Waals surface area contributed by atoms with Crippen LogP contribution in [-0.2, 0) is 6.42 Å². The third-order valence-electron chi connectivity index (χ3n) is 5.87. The van der Waals surface area contributed by atoms with Gasteiger partial charge in [-0.05, 0) is 47.0 Å². The molecule has 2 N–H and O–H groups in total. The number of piperazine rings is 1. The first-order chi connectivity index (χ1) is 14.2. The lowest BCUT2D eigenvalue weighted by molar-refractivity contribution is -0.903. The topological polar surface area (TPSA) is 37.1 Å². The van der Waals surface area contributed by atoms with E-state index in [0.29, 0.717) is 6.61 Å². The van der Waals surface area contributed by atoms with Gasteiger partial charge in [-0.15, -0.1) is 0 Å². The maximum Gasteiger partial charge on any atom is 0.137 e. The number of ether oxygens (including phenoxy) is 1. The van der Waals surface area contributed by atoms with E-state index in [9.17, 15) is 5.11 Å². The molecule has 0 bridgehead atoms. The molecule has 1 fully saturated rings. The van der Waals surface area contributed by atoms with Gasteiger partial charge in [-0.2, -0.15) is 0 Å². The molecule has 1 aliphatic rings. The molecule has 3 aromatic rings. The molecule has 1 atom stereocenters. The fourth-order valence-electron chi connectivity index (χ4n) is 4.07. The zero-order valence-electron chi connectivity index (χ0n) is 17.2. The van der Waals surface area contributed by atoms with E-state index in [0.717, 1.165) is 50.3 Å². The van der Waals surface area contributed by atoms with Crippen LogP contribution < -0.4 is 14.5 Å².